The van der Waals surface area contributed by atoms with E-state index in [1.165, 1.54) is 0 Å². The Morgan fingerprint density at radius 1 is 1.24 bits per heavy atom. The van der Waals surface area contributed by atoms with Crippen LogP contribution in [0.4, 0.5) is 0 Å². The molecule has 2 aromatic heterocycles. The topological polar surface area (TPSA) is 61.9 Å². The van der Waals surface area contributed by atoms with Gasteiger partial charge in [0, 0.05) is 45.0 Å². The highest BCUT2D eigenvalue weighted by Gasteiger charge is 2.41. The summed E-state index contributed by atoms with van der Waals surface area (Å²) in [6.45, 7) is 5.21. The normalized spacial score (nSPS) is 23.2. The Hall–Kier alpha value is -2.15. The van der Waals surface area contributed by atoms with Gasteiger partial charge < -0.3 is 14.1 Å². The fourth-order valence-electron chi connectivity index (χ4n) is 4.88. The van der Waals surface area contributed by atoms with Crippen molar-refractivity contribution in [3.8, 4) is 0 Å². The number of aliphatic hydroxyl groups is 1. The van der Waals surface area contributed by atoms with Crippen LogP contribution in [0.15, 0.2) is 52.0 Å². The molecule has 0 radical (unpaired) electrons. The standard InChI is InChI=1S/C23H31N3O3/c1-24-10-2-5-19(22(24)28)16-26-17-20(27)15-23(18-26)8-12-25(13-9-23)11-3-6-21-7-4-14-29-21/h2-7,10,14,20,27H,8-9,11-13,15-18H2,1H3/b6-3+. The highest BCUT2D eigenvalue weighted by Crippen LogP contribution is 2.40. The van der Waals surface area contributed by atoms with Crippen LogP contribution in [-0.2, 0) is 13.6 Å². The Balaban J connectivity index is 1.34. The summed E-state index contributed by atoms with van der Waals surface area (Å²) in [5, 5.41) is 10.6. The molecule has 2 aliphatic heterocycles. The third-order valence-corrected chi connectivity index (χ3v) is 6.40. The van der Waals surface area contributed by atoms with Crippen molar-refractivity contribution in [2.24, 2.45) is 12.5 Å². The molecule has 1 N–H and O–H groups in total. The molecule has 2 fully saturated rings. The van der Waals surface area contributed by atoms with Crippen molar-refractivity contribution in [3.05, 3.63) is 64.5 Å². The van der Waals surface area contributed by atoms with Crippen LogP contribution in [0, 0.1) is 5.41 Å². The van der Waals surface area contributed by atoms with Crippen molar-refractivity contribution in [3.63, 3.8) is 0 Å². The van der Waals surface area contributed by atoms with Gasteiger partial charge in [0.05, 0.1) is 12.4 Å². The lowest BCUT2D eigenvalue weighted by Gasteiger charge is -2.49. The van der Waals surface area contributed by atoms with Gasteiger partial charge in [0.25, 0.3) is 5.56 Å². The molecule has 29 heavy (non-hydrogen) atoms. The number of hydrogen-bond acceptors (Lipinski definition) is 5. The van der Waals surface area contributed by atoms with Crippen molar-refractivity contribution in [1.29, 1.82) is 0 Å². The molecule has 1 unspecified atom stereocenters. The number of furan rings is 1. The molecule has 2 aromatic rings. The lowest BCUT2D eigenvalue weighted by Crippen LogP contribution is -2.53. The number of aryl methyl sites for hydroxylation is 1. The van der Waals surface area contributed by atoms with Crippen molar-refractivity contribution in [1.82, 2.24) is 14.4 Å². The third kappa shape index (κ3) is 4.89. The molecule has 2 saturated heterocycles. The van der Waals surface area contributed by atoms with Gasteiger partial charge in [-0.3, -0.25) is 14.6 Å². The van der Waals surface area contributed by atoms with Gasteiger partial charge in [-0.05, 0) is 62.0 Å². The Morgan fingerprint density at radius 3 is 2.83 bits per heavy atom. The molecule has 4 rings (SSSR count). The second kappa shape index (κ2) is 8.69. The molecule has 1 spiro atoms. The van der Waals surface area contributed by atoms with Crippen molar-refractivity contribution in [2.75, 3.05) is 32.7 Å². The van der Waals surface area contributed by atoms with Crippen LogP contribution >= 0.6 is 0 Å². The first-order chi connectivity index (χ1) is 14.0. The molecule has 0 aromatic carbocycles. The maximum Gasteiger partial charge on any atom is 0.254 e. The quantitative estimate of drug-likeness (QED) is 0.839. The van der Waals surface area contributed by atoms with Crippen LogP contribution in [0.3, 0.4) is 0 Å². The molecule has 0 bridgehead atoms. The average molecular weight is 398 g/mol. The summed E-state index contributed by atoms with van der Waals surface area (Å²) in [5.74, 6) is 0.886. The molecule has 6 heteroatoms. The molecule has 1 atom stereocenters. The summed E-state index contributed by atoms with van der Waals surface area (Å²) in [6.07, 6.45) is 10.4. The molecular formula is C23H31N3O3. The predicted octanol–water partition coefficient (Wildman–Crippen LogP) is 2.34. The molecule has 2 aliphatic rings. The molecule has 0 aliphatic carbocycles. The van der Waals surface area contributed by atoms with E-state index in [1.807, 2.05) is 30.3 Å². The second-order valence-electron chi connectivity index (χ2n) is 8.70. The van der Waals surface area contributed by atoms with Gasteiger partial charge >= 0.3 is 0 Å². The fourth-order valence-corrected chi connectivity index (χ4v) is 4.88. The summed E-state index contributed by atoms with van der Waals surface area (Å²) < 4.78 is 6.96. The largest absolute Gasteiger partial charge is 0.465 e. The monoisotopic (exact) mass is 397 g/mol. The van der Waals surface area contributed by atoms with Crippen LogP contribution in [0.1, 0.15) is 30.6 Å². The zero-order valence-electron chi connectivity index (χ0n) is 17.2. The first kappa shape index (κ1) is 20.1. The Labute approximate surface area is 172 Å². The van der Waals surface area contributed by atoms with Crippen molar-refractivity contribution < 1.29 is 9.52 Å². The van der Waals surface area contributed by atoms with E-state index in [9.17, 15) is 9.90 Å². The highest BCUT2D eigenvalue weighted by atomic mass is 16.3. The maximum atomic E-state index is 12.4. The number of hydrogen-bond donors (Lipinski definition) is 1. The Bertz CT molecular complexity index is 879. The zero-order valence-corrected chi connectivity index (χ0v) is 17.2. The van der Waals surface area contributed by atoms with E-state index < -0.39 is 0 Å². The van der Waals surface area contributed by atoms with Gasteiger partial charge in [-0.15, -0.1) is 0 Å². The minimum atomic E-state index is -0.318. The van der Waals surface area contributed by atoms with E-state index in [4.69, 9.17) is 4.42 Å². The minimum absolute atomic E-state index is 0.0553. The van der Waals surface area contributed by atoms with E-state index in [-0.39, 0.29) is 17.1 Å². The van der Waals surface area contributed by atoms with E-state index in [0.29, 0.717) is 13.1 Å². The first-order valence-corrected chi connectivity index (χ1v) is 10.5. The lowest BCUT2D eigenvalue weighted by molar-refractivity contribution is -0.0424. The second-order valence-corrected chi connectivity index (χ2v) is 8.70. The van der Waals surface area contributed by atoms with Crippen molar-refractivity contribution >= 4 is 6.08 Å². The van der Waals surface area contributed by atoms with E-state index in [2.05, 4.69) is 15.9 Å². The van der Waals surface area contributed by atoms with Gasteiger partial charge in [-0.25, -0.2) is 0 Å². The third-order valence-electron chi connectivity index (χ3n) is 6.40. The SMILES string of the molecule is Cn1cccc(CN2CC(O)CC3(CCN(C/C=C/c4ccco4)CC3)C2)c1=O. The summed E-state index contributed by atoms with van der Waals surface area (Å²) >= 11 is 0. The number of pyridine rings is 1. The summed E-state index contributed by atoms with van der Waals surface area (Å²) in [5.41, 5.74) is 1.01. The van der Waals surface area contributed by atoms with Gasteiger partial charge in [0.2, 0.25) is 0 Å². The van der Waals surface area contributed by atoms with Crippen LogP contribution in [-0.4, -0.2) is 58.3 Å². The molecule has 0 amide bonds. The molecule has 156 valence electrons. The number of β-amino-alcohol motifs (C(OH)–C–C–N with tert-alkyl or cyclic N) is 1. The smallest absolute Gasteiger partial charge is 0.254 e. The molecule has 6 nitrogen and oxygen atoms in total. The zero-order chi connectivity index (χ0) is 20.3. The summed E-state index contributed by atoms with van der Waals surface area (Å²) in [6, 6.07) is 7.68. The van der Waals surface area contributed by atoms with E-state index in [1.54, 1.807) is 24.1 Å². The first-order valence-electron chi connectivity index (χ1n) is 10.5. The highest BCUT2D eigenvalue weighted by molar-refractivity contribution is 5.42. The van der Waals surface area contributed by atoms with E-state index >= 15 is 0 Å². The Kier molecular flexibility index (Phi) is 6.04. The molecule has 4 heterocycles. The number of likely N-dealkylation sites (tertiary alicyclic amines) is 2. The molecular weight excluding hydrogens is 366 g/mol. The van der Waals surface area contributed by atoms with Gasteiger partial charge in [-0.1, -0.05) is 12.1 Å². The van der Waals surface area contributed by atoms with Crippen molar-refractivity contribution in [2.45, 2.75) is 31.9 Å². The average Bonchev–Trinajstić information content (AvgIpc) is 3.20. The lowest BCUT2D eigenvalue weighted by atomic mass is 9.71. The predicted molar refractivity (Wildman–Crippen MR) is 113 cm³/mol. The van der Waals surface area contributed by atoms with E-state index in [0.717, 1.165) is 56.8 Å². The fraction of sp³-hybridized carbons (Fsp3) is 0.522. The van der Waals surface area contributed by atoms with Gasteiger partial charge in [0.15, 0.2) is 0 Å². The molecule has 0 saturated carbocycles. The van der Waals surface area contributed by atoms with Crippen LogP contribution in [0.25, 0.3) is 6.08 Å². The number of piperidine rings is 2. The number of rotatable bonds is 5. The Morgan fingerprint density at radius 2 is 2.07 bits per heavy atom. The van der Waals surface area contributed by atoms with Crippen LogP contribution < -0.4 is 5.56 Å². The van der Waals surface area contributed by atoms with Gasteiger partial charge in [0.1, 0.15) is 5.76 Å². The van der Waals surface area contributed by atoms with Crippen LogP contribution in [0.2, 0.25) is 0 Å². The minimum Gasteiger partial charge on any atom is -0.465 e. The summed E-state index contributed by atoms with van der Waals surface area (Å²) in [7, 11) is 1.79. The van der Waals surface area contributed by atoms with Crippen LogP contribution in [0.5, 0.6) is 0 Å². The summed E-state index contributed by atoms with van der Waals surface area (Å²) in [4.78, 5) is 17.1. The van der Waals surface area contributed by atoms with Gasteiger partial charge in [-0.2, -0.15) is 0 Å². The number of nitrogens with zero attached hydrogens (tertiary/aromatic N) is 3. The number of aliphatic hydroxyl groups excluding tert-OH is 1. The maximum absolute atomic E-state index is 12.4. The number of aromatic nitrogens is 1.